The molecule has 0 amide bonds. The number of hydrogen-bond donors (Lipinski definition) is 2. The number of benzene rings is 2. The lowest BCUT2D eigenvalue weighted by molar-refractivity contribution is 0.00719. The summed E-state index contributed by atoms with van der Waals surface area (Å²) < 4.78 is 5.90. The van der Waals surface area contributed by atoms with Gasteiger partial charge in [-0.2, -0.15) is 0 Å². The first-order valence-corrected chi connectivity index (χ1v) is 7.15. The van der Waals surface area contributed by atoms with Crippen LogP contribution in [0.25, 0.3) is 0 Å². The van der Waals surface area contributed by atoms with E-state index in [1.807, 2.05) is 56.3 Å². The topological polar surface area (TPSA) is 55.5 Å². The van der Waals surface area contributed by atoms with Gasteiger partial charge in [0.2, 0.25) is 0 Å². The van der Waals surface area contributed by atoms with Crippen molar-refractivity contribution in [3.8, 4) is 5.75 Å². The molecule has 3 nitrogen and oxygen atoms in total. The summed E-state index contributed by atoms with van der Waals surface area (Å²) in [5, 5.41) is 10.6. The molecule has 2 aromatic carbocycles. The molecule has 0 fully saturated rings. The second-order valence-electron chi connectivity index (χ2n) is 5.69. The first-order valence-electron chi connectivity index (χ1n) is 7.15. The molecular formula is C18H23NO2. The molecule has 0 bridgehead atoms. The molecule has 0 aliphatic rings. The van der Waals surface area contributed by atoms with Gasteiger partial charge in [0.25, 0.3) is 0 Å². The van der Waals surface area contributed by atoms with Gasteiger partial charge in [-0.1, -0.05) is 42.5 Å². The van der Waals surface area contributed by atoms with Crippen molar-refractivity contribution < 1.29 is 9.84 Å². The predicted octanol–water partition coefficient (Wildman–Crippen LogP) is 3.05. The highest BCUT2D eigenvalue weighted by atomic mass is 16.5. The first-order chi connectivity index (χ1) is 9.94. The van der Waals surface area contributed by atoms with Gasteiger partial charge in [0.1, 0.15) is 18.0 Å². The summed E-state index contributed by atoms with van der Waals surface area (Å²) in [4.78, 5) is 0. The van der Waals surface area contributed by atoms with Gasteiger partial charge < -0.3 is 15.6 Å². The average Bonchev–Trinajstić information content (AvgIpc) is 2.47. The number of ether oxygens (including phenoxy) is 1. The van der Waals surface area contributed by atoms with Gasteiger partial charge in [0, 0.05) is 6.54 Å². The van der Waals surface area contributed by atoms with E-state index in [0.717, 1.165) is 28.0 Å². The fraction of sp³-hybridized carbons (Fsp3) is 0.333. The number of aliphatic hydroxyl groups is 1. The van der Waals surface area contributed by atoms with E-state index in [-0.39, 0.29) is 6.61 Å². The monoisotopic (exact) mass is 285 g/mol. The number of aryl methyl sites for hydroxylation is 2. The third-order valence-electron chi connectivity index (χ3n) is 3.65. The number of rotatable bonds is 5. The molecule has 0 spiro atoms. The van der Waals surface area contributed by atoms with E-state index in [1.54, 1.807) is 6.92 Å². The molecule has 0 radical (unpaired) electrons. The van der Waals surface area contributed by atoms with Crippen molar-refractivity contribution in [3.05, 3.63) is 64.7 Å². The molecule has 2 rings (SSSR count). The Morgan fingerprint density at radius 2 is 1.67 bits per heavy atom. The fourth-order valence-electron chi connectivity index (χ4n) is 2.48. The molecule has 112 valence electrons. The van der Waals surface area contributed by atoms with Gasteiger partial charge in [-0.25, -0.2) is 0 Å². The van der Waals surface area contributed by atoms with Crippen molar-refractivity contribution in [3.63, 3.8) is 0 Å². The van der Waals surface area contributed by atoms with Crippen LogP contribution in [0.3, 0.4) is 0 Å². The summed E-state index contributed by atoms with van der Waals surface area (Å²) in [6.07, 6.45) is 0. The van der Waals surface area contributed by atoms with Crippen LogP contribution < -0.4 is 10.5 Å². The first kappa shape index (κ1) is 15.5. The Hall–Kier alpha value is -1.84. The second kappa shape index (κ2) is 6.29. The third kappa shape index (κ3) is 3.63. The van der Waals surface area contributed by atoms with Crippen LogP contribution in [0.2, 0.25) is 0 Å². The Morgan fingerprint density at radius 1 is 1.10 bits per heavy atom. The van der Waals surface area contributed by atoms with Crippen LogP contribution in [0.5, 0.6) is 5.75 Å². The Balaban J connectivity index is 2.17. The molecule has 0 heterocycles. The molecule has 0 aliphatic carbocycles. The molecule has 21 heavy (non-hydrogen) atoms. The van der Waals surface area contributed by atoms with Crippen LogP contribution in [0, 0.1) is 13.8 Å². The van der Waals surface area contributed by atoms with E-state index in [4.69, 9.17) is 10.5 Å². The zero-order valence-electron chi connectivity index (χ0n) is 12.9. The minimum Gasteiger partial charge on any atom is -0.490 e. The zero-order chi connectivity index (χ0) is 15.5. The summed E-state index contributed by atoms with van der Waals surface area (Å²) >= 11 is 0. The minimum absolute atomic E-state index is 0.209. The lowest BCUT2D eigenvalue weighted by Gasteiger charge is -2.25. The van der Waals surface area contributed by atoms with Crippen LogP contribution in [0.4, 0.5) is 0 Å². The predicted molar refractivity (Wildman–Crippen MR) is 85.3 cm³/mol. The molecule has 0 aromatic heterocycles. The van der Waals surface area contributed by atoms with E-state index in [2.05, 4.69) is 0 Å². The molecule has 0 saturated carbocycles. The van der Waals surface area contributed by atoms with Crippen molar-refractivity contribution in [2.75, 3.05) is 6.61 Å². The Kier molecular flexibility index (Phi) is 4.66. The van der Waals surface area contributed by atoms with E-state index in [1.165, 1.54) is 0 Å². The quantitative estimate of drug-likeness (QED) is 0.887. The highest BCUT2D eigenvalue weighted by Crippen LogP contribution is 2.28. The molecule has 0 aliphatic heterocycles. The van der Waals surface area contributed by atoms with Gasteiger partial charge in [-0.15, -0.1) is 0 Å². The maximum Gasteiger partial charge on any atom is 0.125 e. The summed E-state index contributed by atoms with van der Waals surface area (Å²) in [6.45, 7) is 6.49. The van der Waals surface area contributed by atoms with Crippen molar-refractivity contribution in [1.82, 2.24) is 0 Å². The van der Waals surface area contributed by atoms with Gasteiger partial charge in [-0.05, 0) is 43.0 Å². The Morgan fingerprint density at radius 3 is 2.19 bits per heavy atom. The van der Waals surface area contributed by atoms with Gasteiger partial charge in [0.05, 0.1) is 0 Å². The van der Waals surface area contributed by atoms with Crippen LogP contribution in [0.15, 0.2) is 42.5 Å². The minimum atomic E-state index is -1.02. The second-order valence-corrected chi connectivity index (χ2v) is 5.69. The number of hydrogen-bond acceptors (Lipinski definition) is 3. The van der Waals surface area contributed by atoms with Gasteiger partial charge >= 0.3 is 0 Å². The average molecular weight is 285 g/mol. The lowest BCUT2D eigenvalue weighted by atomic mass is 9.97. The normalized spacial score (nSPS) is 13.8. The molecule has 3 N–H and O–H groups in total. The maximum absolute atomic E-state index is 10.6. The van der Waals surface area contributed by atoms with E-state index in [9.17, 15) is 5.11 Å². The standard InChI is InChI=1S/C18H23NO2/c1-13-9-15(11-19)10-14(2)17(13)21-12-18(3,20)16-7-5-4-6-8-16/h4-10,20H,11-12,19H2,1-3H3. The highest BCUT2D eigenvalue weighted by Gasteiger charge is 2.24. The fourth-order valence-corrected chi connectivity index (χ4v) is 2.48. The largest absolute Gasteiger partial charge is 0.490 e. The SMILES string of the molecule is Cc1cc(CN)cc(C)c1OCC(C)(O)c1ccccc1. The van der Waals surface area contributed by atoms with Gasteiger partial charge in [-0.3, -0.25) is 0 Å². The molecule has 1 atom stereocenters. The van der Waals surface area contributed by atoms with Gasteiger partial charge in [0.15, 0.2) is 0 Å². The molecule has 2 aromatic rings. The molecular weight excluding hydrogens is 262 g/mol. The summed E-state index contributed by atoms with van der Waals surface area (Å²) in [5.74, 6) is 0.823. The van der Waals surface area contributed by atoms with E-state index < -0.39 is 5.60 Å². The summed E-state index contributed by atoms with van der Waals surface area (Å²) in [6, 6.07) is 13.6. The van der Waals surface area contributed by atoms with Crippen molar-refractivity contribution in [2.45, 2.75) is 32.9 Å². The molecule has 0 saturated heterocycles. The Bertz CT molecular complexity index is 583. The molecule has 3 heteroatoms. The highest BCUT2D eigenvalue weighted by molar-refractivity contribution is 5.43. The van der Waals surface area contributed by atoms with E-state index >= 15 is 0 Å². The van der Waals surface area contributed by atoms with Crippen LogP contribution >= 0.6 is 0 Å². The summed E-state index contributed by atoms with van der Waals surface area (Å²) in [5.41, 5.74) is 8.67. The van der Waals surface area contributed by atoms with Crippen LogP contribution in [-0.2, 0) is 12.1 Å². The van der Waals surface area contributed by atoms with Crippen molar-refractivity contribution >= 4 is 0 Å². The number of nitrogens with two attached hydrogens (primary N) is 1. The smallest absolute Gasteiger partial charge is 0.125 e. The maximum atomic E-state index is 10.6. The third-order valence-corrected chi connectivity index (χ3v) is 3.65. The van der Waals surface area contributed by atoms with Crippen molar-refractivity contribution in [1.29, 1.82) is 0 Å². The molecule has 1 unspecified atom stereocenters. The lowest BCUT2D eigenvalue weighted by Crippen LogP contribution is -2.29. The van der Waals surface area contributed by atoms with Crippen LogP contribution in [-0.4, -0.2) is 11.7 Å². The van der Waals surface area contributed by atoms with E-state index in [0.29, 0.717) is 6.54 Å². The Labute approximate surface area is 126 Å². The van der Waals surface area contributed by atoms with Crippen molar-refractivity contribution in [2.24, 2.45) is 5.73 Å². The summed E-state index contributed by atoms with van der Waals surface area (Å²) in [7, 11) is 0. The zero-order valence-corrected chi connectivity index (χ0v) is 12.9. The van der Waals surface area contributed by atoms with Crippen LogP contribution in [0.1, 0.15) is 29.2 Å².